The quantitative estimate of drug-likeness (QED) is 0.711. The second-order valence-electron chi connectivity index (χ2n) is 8.84. The van der Waals surface area contributed by atoms with Crippen molar-refractivity contribution >= 4 is 12.3 Å². The Bertz CT molecular complexity index is 734. The molecule has 0 saturated heterocycles. The van der Waals surface area contributed by atoms with Gasteiger partial charge >= 0.3 is 0 Å². The molecule has 3 aliphatic rings. The largest absolute Gasteiger partial charge is 0.340 e. The standard InChI is InChI=1S/C21H34N6/c1-8-9-22-20-25-18-17(27(7)12-23-18)19(26-20)24-16-11-15(21(4,5)6)13(2)10-14(16)3/h10-13,15,18,24H,8-9H2,1-7H3,(H2,22,25,26). The highest BCUT2D eigenvalue weighted by Gasteiger charge is 2.34. The molecular weight excluding hydrogens is 336 g/mol. The predicted molar refractivity (Wildman–Crippen MR) is 113 cm³/mol. The van der Waals surface area contributed by atoms with Crippen LogP contribution in [0, 0.1) is 17.3 Å². The third kappa shape index (κ3) is 4.04. The smallest absolute Gasteiger partial charge is 0.198 e. The molecule has 3 N–H and O–H groups in total. The fraction of sp³-hybridized carbons (Fsp3) is 0.619. The molecule has 0 amide bonds. The molecule has 6 heteroatoms. The summed E-state index contributed by atoms with van der Waals surface area (Å²) in [7, 11) is 2.02. The zero-order chi connectivity index (χ0) is 19.8. The van der Waals surface area contributed by atoms with Gasteiger partial charge in [0.05, 0.1) is 6.34 Å². The summed E-state index contributed by atoms with van der Waals surface area (Å²) in [5, 5.41) is 10.5. The number of aliphatic imine (C=N–C) groups is 2. The van der Waals surface area contributed by atoms with Crippen molar-refractivity contribution in [1.82, 2.24) is 20.9 Å². The molecule has 0 fully saturated rings. The maximum Gasteiger partial charge on any atom is 0.198 e. The highest BCUT2D eigenvalue weighted by molar-refractivity contribution is 5.85. The third-order valence-corrected chi connectivity index (χ3v) is 5.40. The summed E-state index contributed by atoms with van der Waals surface area (Å²) in [6.07, 6.45) is 7.55. The van der Waals surface area contributed by atoms with Gasteiger partial charge in [0, 0.05) is 19.3 Å². The van der Waals surface area contributed by atoms with Crippen molar-refractivity contribution in [3.63, 3.8) is 0 Å². The van der Waals surface area contributed by atoms with Crippen LogP contribution in [-0.4, -0.2) is 37.0 Å². The molecule has 2 aliphatic heterocycles. The number of guanidine groups is 1. The van der Waals surface area contributed by atoms with Crippen LogP contribution >= 0.6 is 0 Å². The van der Waals surface area contributed by atoms with Gasteiger partial charge in [-0.15, -0.1) is 0 Å². The van der Waals surface area contributed by atoms with Crippen molar-refractivity contribution in [1.29, 1.82) is 0 Å². The van der Waals surface area contributed by atoms with Gasteiger partial charge in [0.1, 0.15) is 11.5 Å². The fourth-order valence-corrected chi connectivity index (χ4v) is 4.03. The minimum absolute atomic E-state index is 0.0971. The second kappa shape index (κ2) is 7.41. The Morgan fingerprint density at radius 1 is 1.30 bits per heavy atom. The third-order valence-electron chi connectivity index (χ3n) is 5.40. The highest BCUT2D eigenvalue weighted by Crippen LogP contribution is 2.39. The maximum absolute atomic E-state index is 4.61. The monoisotopic (exact) mass is 370 g/mol. The zero-order valence-corrected chi connectivity index (χ0v) is 17.7. The Hall–Kier alpha value is -2.24. The van der Waals surface area contributed by atoms with Crippen molar-refractivity contribution in [2.75, 3.05) is 13.6 Å². The summed E-state index contributed by atoms with van der Waals surface area (Å²) in [6.45, 7) is 14.3. The number of fused-ring (bicyclic) bond motifs is 1. The number of hydrogen-bond acceptors (Lipinski definition) is 4. The van der Waals surface area contributed by atoms with E-state index in [1.807, 2.05) is 13.4 Å². The number of hydrogen-bond donors (Lipinski definition) is 3. The van der Waals surface area contributed by atoms with Gasteiger partial charge in [-0.3, -0.25) is 4.99 Å². The van der Waals surface area contributed by atoms with Crippen LogP contribution in [0.2, 0.25) is 0 Å². The van der Waals surface area contributed by atoms with Crippen LogP contribution in [0.1, 0.15) is 48.0 Å². The summed E-state index contributed by atoms with van der Waals surface area (Å²) < 4.78 is 0. The lowest BCUT2D eigenvalue weighted by Crippen LogP contribution is -2.52. The van der Waals surface area contributed by atoms with Crippen LogP contribution in [0.5, 0.6) is 0 Å². The van der Waals surface area contributed by atoms with Gasteiger partial charge in [0.2, 0.25) is 0 Å². The molecule has 3 rings (SSSR count). The van der Waals surface area contributed by atoms with Crippen LogP contribution < -0.4 is 16.0 Å². The van der Waals surface area contributed by atoms with E-state index in [0.717, 1.165) is 30.4 Å². The second-order valence-corrected chi connectivity index (χ2v) is 8.84. The lowest BCUT2D eigenvalue weighted by molar-refractivity contribution is 0.241. The topological polar surface area (TPSA) is 64.0 Å². The molecule has 0 saturated carbocycles. The molecule has 3 atom stereocenters. The van der Waals surface area contributed by atoms with E-state index in [1.54, 1.807) is 0 Å². The summed E-state index contributed by atoms with van der Waals surface area (Å²) in [4.78, 5) is 11.2. The lowest BCUT2D eigenvalue weighted by atomic mass is 9.70. The Kier molecular flexibility index (Phi) is 5.36. The van der Waals surface area contributed by atoms with Gasteiger partial charge < -0.3 is 20.9 Å². The SMILES string of the molecule is CCCN=C1NC(NC2=CC(C(C)(C)C)C(C)C=C2C)=C2C(N=CN2C)N1. The molecule has 27 heavy (non-hydrogen) atoms. The van der Waals surface area contributed by atoms with Crippen molar-refractivity contribution in [3.8, 4) is 0 Å². The summed E-state index contributed by atoms with van der Waals surface area (Å²) >= 11 is 0. The number of allylic oxidation sites excluding steroid dienone is 3. The highest BCUT2D eigenvalue weighted by atomic mass is 15.4. The first kappa shape index (κ1) is 19.5. The molecule has 3 unspecified atom stereocenters. The van der Waals surface area contributed by atoms with E-state index in [-0.39, 0.29) is 11.6 Å². The van der Waals surface area contributed by atoms with Crippen molar-refractivity contribution in [2.24, 2.45) is 27.2 Å². The fourth-order valence-electron chi connectivity index (χ4n) is 4.03. The molecule has 6 nitrogen and oxygen atoms in total. The molecule has 2 heterocycles. The normalized spacial score (nSPS) is 29.2. The van der Waals surface area contributed by atoms with E-state index in [0.29, 0.717) is 11.8 Å². The Morgan fingerprint density at radius 2 is 2.04 bits per heavy atom. The molecule has 148 valence electrons. The van der Waals surface area contributed by atoms with Crippen molar-refractivity contribution in [3.05, 3.63) is 34.9 Å². The van der Waals surface area contributed by atoms with Crippen LogP contribution in [0.4, 0.5) is 0 Å². The molecule has 0 aromatic heterocycles. The maximum atomic E-state index is 4.61. The first-order valence-corrected chi connectivity index (χ1v) is 9.96. The lowest BCUT2D eigenvalue weighted by Gasteiger charge is -2.37. The van der Waals surface area contributed by atoms with E-state index in [2.05, 4.69) is 84.5 Å². The molecule has 0 aromatic rings. The number of nitrogens with zero attached hydrogens (tertiary/aromatic N) is 3. The van der Waals surface area contributed by atoms with Crippen LogP contribution in [0.15, 0.2) is 44.9 Å². The van der Waals surface area contributed by atoms with Gasteiger partial charge in [0.25, 0.3) is 0 Å². The summed E-state index contributed by atoms with van der Waals surface area (Å²) in [6, 6.07) is 0. The Labute approximate surface area is 163 Å². The first-order valence-electron chi connectivity index (χ1n) is 9.96. The van der Waals surface area contributed by atoms with E-state index in [9.17, 15) is 0 Å². The molecule has 0 aromatic carbocycles. The van der Waals surface area contributed by atoms with Crippen LogP contribution in [0.3, 0.4) is 0 Å². The van der Waals surface area contributed by atoms with Gasteiger partial charge in [-0.2, -0.15) is 0 Å². The molecular formula is C21H34N6. The predicted octanol–water partition coefficient (Wildman–Crippen LogP) is 3.15. The van der Waals surface area contributed by atoms with Gasteiger partial charge in [-0.1, -0.05) is 46.8 Å². The van der Waals surface area contributed by atoms with Crippen molar-refractivity contribution in [2.45, 2.75) is 54.1 Å². The van der Waals surface area contributed by atoms with Gasteiger partial charge in [0.15, 0.2) is 12.1 Å². The first-order chi connectivity index (χ1) is 12.7. The van der Waals surface area contributed by atoms with E-state index >= 15 is 0 Å². The van der Waals surface area contributed by atoms with Crippen LogP contribution in [-0.2, 0) is 0 Å². The minimum Gasteiger partial charge on any atom is -0.340 e. The minimum atomic E-state index is -0.0971. The summed E-state index contributed by atoms with van der Waals surface area (Å²) in [5.74, 6) is 2.74. The average Bonchev–Trinajstić information content (AvgIpc) is 2.95. The Morgan fingerprint density at radius 3 is 2.70 bits per heavy atom. The number of nitrogens with one attached hydrogen (secondary N) is 3. The van der Waals surface area contributed by atoms with E-state index in [4.69, 9.17) is 0 Å². The molecule has 0 radical (unpaired) electrons. The van der Waals surface area contributed by atoms with Crippen molar-refractivity contribution < 1.29 is 0 Å². The zero-order valence-electron chi connectivity index (χ0n) is 17.7. The molecule has 1 aliphatic carbocycles. The van der Waals surface area contributed by atoms with E-state index in [1.165, 1.54) is 11.3 Å². The Balaban J connectivity index is 1.92. The molecule has 0 spiro atoms. The molecule has 0 bridgehead atoms. The summed E-state index contributed by atoms with van der Waals surface area (Å²) in [5.41, 5.74) is 3.75. The number of rotatable bonds is 4. The van der Waals surface area contributed by atoms with Crippen LogP contribution in [0.25, 0.3) is 0 Å². The average molecular weight is 371 g/mol. The van der Waals surface area contributed by atoms with Gasteiger partial charge in [-0.05, 0) is 36.2 Å². The van der Waals surface area contributed by atoms with E-state index < -0.39 is 0 Å². The number of likely N-dealkylation sites (N-methyl/N-ethyl adjacent to an activating group) is 1. The van der Waals surface area contributed by atoms with Gasteiger partial charge in [-0.25, -0.2) is 4.99 Å².